The number of nitrogens with zero attached hydrogens (tertiary/aromatic N) is 2. The van der Waals surface area contributed by atoms with Gasteiger partial charge in [-0.05, 0) is 31.2 Å². The third-order valence-corrected chi connectivity index (χ3v) is 3.29. The van der Waals surface area contributed by atoms with Gasteiger partial charge in [0, 0.05) is 17.2 Å². The van der Waals surface area contributed by atoms with E-state index in [2.05, 4.69) is 10.5 Å². The molecule has 0 spiro atoms. The van der Waals surface area contributed by atoms with Crippen molar-refractivity contribution in [1.82, 2.24) is 5.43 Å². The highest BCUT2D eigenvalue weighted by Gasteiger charge is 2.19. The average molecular weight is 359 g/mol. The van der Waals surface area contributed by atoms with Crippen molar-refractivity contribution in [3.8, 4) is 17.2 Å². The van der Waals surface area contributed by atoms with Gasteiger partial charge in [-0.1, -0.05) is 6.07 Å². The molecule has 2 aromatic rings. The summed E-state index contributed by atoms with van der Waals surface area (Å²) in [6.07, 6.45) is 1.22. The number of benzene rings is 2. The third-order valence-electron chi connectivity index (χ3n) is 3.29. The van der Waals surface area contributed by atoms with Crippen LogP contribution >= 0.6 is 0 Å². The van der Waals surface area contributed by atoms with E-state index in [9.17, 15) is 20.0 Å². The second-order valence-corrected chi connectivity index (χ2v) is 5.01. The molecule has 0 aliphatic rings. The number of aromatic hydroxyl groups is 1. The molecule has 0 radical (unpaired) electrons. The van der Waals surface area contributed by atoms with Crippen LogP contribution in [0.1, 0.15) is 22.8 Å². The van der Waals surface area contributed by atoms with Gasteiger partial charge in [-0.3, -0.25) is 14.9 Å². The molecule has 0 aliphatic heterocycles. The normalized spacial score (nSPS) is 10.5. The van der Waals surface area contributed by atoms with Crippen molar-refractivity contribution in [1.29, 1.82) is 0 Å². The number of ether oxygens (including phenoxy) is 2. The highest BCUT2D eigenvalue weighted by Crippen LogP contribution is 2.36. The van der Waals surface area contributed by atoms with Crippen molar-refractivity contribution >= 4 is 17.8 Å². The number of rotatable bonds is 7. The summed E-state index contributed by atoms with van der Waals surface area (Å²) in [4.78, 5) is 22.3. The van der Waals surface area contributed by atoms with E-state index in [0.29, 0.717) is 11.3 Å². The number of hydrogen-bond acceptors (Lipinski definition) is 7. The van der Waals surface area contributed by atoms with E-state index >= 15 is 0 Å². The maximum Gasteiger partial charge on any atom is 0.315 e. The quantitative estimate of drug-likeness (QED) is 0.445. The van der Waals surface area contributed by atoms with E-state index in [-0.39, 0.29) is 17.9 Å². The smallest absolute Gasteiger partial charge is 0.315 e. The zero-order chi connectivity index (χ0) is 19.1. The zero-order valence-electron chi connectivity index (χ0n) is 14.1. The summed E-state index contributed by atoms with van der Waals surface area (Å²) in [7, 11) is 1.49. The third kappa shape index (κ3) is 4.47. The predicted molar refractivity (Wildman–Crippen MR) is 94.0 cm³/mol. The minimum absolute atomic E-state index is 0.0396. The topological polar surface area (TPSA) is 123 Å². The number of amides is 1. The van der Waals surface area contributed by atoms with Crippen molar-refractivity contribution in [2.24, 2.45) is 5.10 Å². The van der Waals surface area contributed by atoms with Gasteiger partial charge in [-0.2, -0.15) is 5.10 Å². The molecule has 0 saturated heterocycles. The lowest BCUT2D eigenvalue weighted by atomic mass is 10.2. The number of nitro benzene ring substituents is 1. The molecule has 0 bridgehead atoms. The Morgan fingerprint density at radius 2 is 2.15 bits per heavy atom. The fourth-order valence-corrected chi connectivity index (χ4v) is 2.09. The Labute approximate surface area is 149 Å². The van der Waals surface area contributed by atoms with E-state index in [1.54, 1.807) is 31.2 Å². The first kappa shape index (κ1) is 18.7. The molecule has 0 saturated carbocycles. The molecule has 0 atom stereocenters. The first-order chi connectivity index (χ1) is 12.5. The molecule has 136 valence electrons. The van der Waals surface area contributed by atoms with Crippen LogP contribution in [0.3, 0.4) is 0 Å². The number of carbonyl (C=O) groups excluding carboxylic acids is 1. The lowest BCUT2D eigenvalue weighted by molar-refractivity contribution is -0.386. The van der Waals surface area contributed by atoms with E-state index in [1.807, 2.05) is 0 Å². The second kappa shape index (κ2) is 8.47. The minimum atomic E-state index is -0.732. The zero-order valence-corrected chi connectivity index (χ0v) is 14.1. The molecule has 0 heterocycles. The molecule has 2 rings (SSSR count). The Hall–Kier alpha value is -3.62. The summed E-state index contributed by atoms with van der Waals surface area (Å²) in [6.45, 7) is 1.90. The first-order valence-electron chi connectivity index (χ1n) is 7.58. The number of hydrogen-bond donors (Lipinski definition) is 2. The molecule has 9 nitrogen and oxygen atoms in total. The number of hydrazone groups is 1. The Kier molecular flexibility index (Phi) is 6.10. The minimum Gasteiger partial charge on any atom is -0.500 e. The number of phenolic OH excluding ortho intramolecular Hbond substituents is 1. The Bertz CT molecular complexity index is 850. The molecule has 2 N–H and O–H groups in total. The van der Waals surface area contributed by atoms with Gasteiger partial charge in [-0.15, -0.1) is 0 Å². The van der Waals surface area contributed by atoms with Crippen LogP contribution in [0.2, 0.25) is 0 Å². The molecule has 0 aliphatic carbocycles. The molecule has 26 heavy (non-hydrogen) atoms. The Balaban J connectivity index is 2.18. The fraction of sp³-hybridized carbons (Fsp3) is 0.176. The number of methoxy groups -OCH3 is 1. The number of carbonyl (C=O) groups is 1. The standard InChI is InChI=1S/C17H17N3O6/c1-3-26-15-8-11(7-14(16(15)21)20(23)24)10-18-19-17(22)12-5-4-6-13(9-12)25-2/h4-10,21H,3H2,1-2H3,(H,19,22)/b18-10+. The van der Waals surface area contributed by atoms with Gasteiger partial charge in [0.1, 0.15) is 5.75 Å². The number of nitrogens with one attached hydrogen (secondary N) is 1. The van der Waals surface area contributed by atoms with E-state index in [1.165, 1.54) is 19.4 Å². The van der Waals surface area contributed by atoms with E-state index in [4.69, 9.17) is 9.47 Å². The van der Waals surface area contributed by atoms with Crippen LogP contribution in [-0.2, 0) is 0 Å². The van der Waals surface area contributed by atoms with Crippen molar-refractivity contribution in [3.63, 3.8) is 0 Å². The van der Waals surface area contributed by atoms with Crippen molar-refractivity contribution in [2.75, 3.05) is 13.7 Å². The summed E-state index contributed by atoms with van der Waals surface area (Å²) < 4.78 is 10.2. The summed E-state index contributed by atoms with van der Waals surface area (Å²) in [5.74, 6) is -0.549. The van der Waals surface area contributed by atoms with Gasteiger partial charge in [0.25, 0.3) is 5.91 Å². The van der Waals surface area contributed by atoms with Crippen LogP contribution in [0.15, 0.2) is 41.5 Å². The van der Waals surface area contributed by atoms with Gasteiger partial charge >= 0.3 is 5.69 Å². The van der Waals surface area contributed by atoms with Gasteiger partial charge in [-0.25, -0.2) is 5.43 Å². The summed E-state index contributed by atoms with van der Waals surface area (Å²) in [5.41, 5.74) is 2.42. The van der Waals surface area contributed by atoms with Crippen LogP contribution in [0.5, 0.6) is 17.2 Å². The molecular formula is C17H17N3O6. The van der Waals surface area contributed by atoms with Gasteiger partial charge in [0.05, 0.1) is 24.9 Å². The lowest BCUT2D eigenvalue weighted by Crippen LogP contribution is -2.17. The highest BCUT2D eigenvalue weighted by molar-refractivity contribution is 5.95. The number of phenols is 1. The van der Waals surface area contributed by atoms with E-state index in [0.717, 1.165) is 6.07 Å². The van der Waals surface area contributed by atoms with Crippen LogP contribution in [0.4, 0.5) is 5.69 Å². The molecule has 0 fully saturated rings. The highest BCUT2D eigenvalue weighted by atomic mass is 16.6. The largest absolute Gasteiger partial charge is 0.500 e. The Morgan fingerprint density at radius 3 is 2.81 bits per heavy atom. The maximum absolute atomic E-state index is 12.0. The summed E-state index contributed by atoms with van der Waals surface area (Å²) >= 11 is 0. The van der Waals surface area contributed by atoms with Crippen molar-refractivity contribution in [2.45, 2.75) is 6.92 Å². The van der Waals surface area contributed by atoms with Gasteiger partial charge in [0.2, 0.25) is 5.75 Å². The molecule has 0 unspecified atom stereocenters. The maximum atomic E-state index is 12.0. The van der Waals surface area contributed by atoms with Crippen molar-refractivity contribution < 1.29 is 24.3 Å². The van der Waals surface area contributed by atoms with Crippen LogP contribution in [0, 0.1) is 10.1 Å². The predicted octanol–water partition coefficient (Wildman–Crippen LogP) is 2.47. The van der Waals surface area contributed by atoms with Crippen molar-refractivity contribution in [3.05, 3.63) is 57.6 Å². The van der Waals surface area contributed by atoms with Crippen LogP contribution in [0.25, 0.3) is 0 Å². The molecular weight excluding hydrogens is 342 g/mol. The Morgan fingerprint density at radius 1 is 1.38 bits per heavy atom. The molecule has 2 aromatic carbocycles. The SMILES string of the molecule is CCOc1cc(/C=N/NC(=O)c2cccc(OC)c2)cc([N+](=O)[O-])c1O. The first-order valence-corrected chi connectivity index (χ1v) is 7.58. The lowest BCUT2D eigenvalue weighted by Gasteiger charge is -2.07. The van der Waals surface area contributed by atoms with Gasteiger partial charge < -0.3 is 14.6 Å². The van der Waals surface area contributed by atoms with Crippen LogP contribution in [-0.4, -0.2) is 35.9 Å². The number of nitro groups is 1. The molecule has 9 heteroatoms. The second-order valence-electron chi connectivity index (χ2n) is 5.01. The van der Waals surface area contributed by atoms with Gasteiger partial charge in [0.15, 0.2) is 5.75 Å². The summed E-state index contributed by atoms with van der Waals surface area (Å²) in [6, 6.07) is 9.00. The van der Waals surface area contributed by atoms with Crippen LogP contribution < -0.4 is 14.9 Å². The molecule has 1 amide bonds. The summed E-state index contributed by atoms with van der Waals surface area (Å²) in [5, 5.41) is 24.6. The van der Waals surface area contributed by atoms with E-state index < -0.39 is 22.3 Å². The fourth-order valence-electron chi connectivity index (χ4n) is 2.09. The molecule has 0 aromatic heterocycles. The average Bonchev–Trinajstić information content (AvgIpc) is 2.64. The monoisotopic (exact) mass is 359 g/mol.